The Morgan fingerprint density at radius 3 is 2.68 bits per heavy atom. The average Bonchev–Trinajstić information content (AvgIpc) is 2.70. The first-order chi connectivity index (χ1) is 13.6. The van der Waals surface area contributed by atoms with Crippen molar-refractivity contribution >= 4 is 17.5 Å². The summed E-state index contributed by atoms with van der Waals surface area (Å²) >= 11 is 0. The van der Waals surface area contributed by atoms with Gasteiger partial charge in [0.15, 0.2) is 0 Å². The smallest absolute Gasteiger partial charge is 0.241 e. The molecule has 0 spiro atoms. The first kappa shape index (κ1) is 19.8. The van der Waals surface area contributed by atoms with Gasteiger partial charge in [-0.15, -0.1) is 0 Å². The summed E-state index contributed by atoms with van der Waals surface area (Å²) in [6.45, 7) is 4.94. The number of likely N-dealkylation sites (tertiary alicyclic amines) is 1. The van der Waals surface area contributed by atoms with E-state index in [2.05, 4.69) is 15.3 Å². The first-order valence-electron chi connectivity index (χ1n) is 9.71. The molecule has 0 aliphatic carbocycles. The molecule has 28 heavy (non-hydrogen) atoms. The summed E-state index contributed by atoms with van der Waals surface area (Å²) in [7, 11) is 0. The van der Waals surface area contributed by atoms with Crippen LogP contribution in [0.1, 0.15) is 51.1 Å². The van der Waals surface area contributed by atoms with E-state index in [1.54, 1.807) is 36.7 Å². The van der Waals surface area contributed by atoms with Gasteiger partial charge < -0.3 is 15.0 Å². The second kappa shape index (κ2) is 9.30. The molecule has 7 nitrogen and oxygen atoms in total. The molecule has 0 bridgehead atoms. The minimum atomic E-state index is -0.121. The van der Waals surface area contributed by atoms with Crippen LogP contribution in [-0.4, -0.2) is 39.8 Å². The van der Waals surface area contributed by atoms with Crippen LogP contribution >= 0.6 is 0 Å². The lowest BCUT2D eigenvalue weighted by Gasteiger charge is -2.32. The number of hydrogen-bond acceptors (Lipinski definition) is 5. The summed E-state index contributed by atoms with van der Waals surface area (Å²) < 4.78 is 5.98. The lowest BCUT2D eigenvalue weighted by atomic mass is 9.94. The predicted octanol–water partition coefficient (Wildman–Crippen LogP) is 3.73. The summed E-state index contributed by atoms with van der Waals surface area (Å²) in [6, 6.07) is 7.11. The number of nitrogens with zero attached hydrogens (tertiary/aromatic N) is 3. The molecule has 7 heteroatoms. The van der Waals surface area contributed by atoms with Gasteiger partial charge in [-0.1, -0.05) is 6.92 Å². The molecule has 0 radical (unpaired) electrons. The van der Waals surface area contributed by atoms with E-state index in [0.29, 0.717) is 30.3 Å². The average molecular weight is 382 g/mol. The summed E-state index contributed by atoms with van der Waals surface area (Å²) in [4.78, 5) is 34.2. The van der Waals surface area contributed by atoms with Gasteiger partial charge in [0.2, 0.25) is 17.7 Å². The van der Waals surface area contributed by atoms with Crippen LogP contribution in [0.25, 0.3) is 0 Å². The number of rotatable bonds is 6. The van der Waals surface area contributed by atoms with E-state index < -0.39 is 0 Å². The number of aromatic nitrogens is 2. The Balaban J connectivity index is 1.74. The molecule has 1 aromatic carbocycles. The molecule has 2 amide bonds. The highest BCUT2D eigenvalue weighted by Crippen LogP contribution is 2.33. The SMILES string of the molecule is CCCC(=O)N1CCCC(c2nccnc2Oc2ccc(NC(C)=O)cc2)C1. The van der Waals surface area contributed by atoms with Gasteiger partial charge in [0.1, 0.15) is 11.4 Å². The highest BCUT2D eigenvalue weighted by molar-refractivity contribution is 5.88. The number of benzene rings is 1. The highest BCUT2D eigenvalue weighted by atomic mass is 16.5. The molecule has 1 fully saturated rings. The Kier molecular flexibility index (Phi) is 6.57. The summed E-state index contributed by atoms with van der Waals surface area (Å²) in [5.41, 5.74) is 1.49. The molecule has 2 heterocycles. The molecule has 1 aliphatic rings. The zero-order valence-electron chi connectivity index (χ0n) is 16.4. The van der Waals surface area contributed by atoms with Crippen LogP contribution in [0.5, 0.6) is 11.6 Å². The van der Waals surface area contributed by atoms with Gasteiger partial charge >= 0.3 is 0 Å². The number of carbonyl (C=O) groups excluding carboxylic acids is 2. The number of piperidine rings is 1. The quantitative estimate of drug-likeness (QED) is 0.823. The highest BCUT2D eigenvalue weighted by Gasteiger charge is 2.28. The zero-order chi connectivity index (χ0) is 19.9. The predicted molar refractivity (Wildman–Crippen MR) is 106 cm³/mol. The van der Waals surface area contributed by atoms with Gasteiger partial charge in [-0.2, -0.15) is 0 Å². The van der Waals surface area contributed by atoms with Gasteiger partial charge in [0.05, 0.1) is 0 Å². The van der Waals surface area contributed by atoms with Crippen LogP contribution in [0.3, 0.4) is 0 Å². The maximum absolute atomic E-state index is 12.3. The third-order valence-corrected chi connectivity index (χ3v) is 4.71. The van der Waals surface area contributed by atoms with Gasteiger partial charge in [0, 0.05) is 50.4 Å². The lowest BCUT2D eigenvalue weighted by molar-refractivity contribution is -0.132. The van der Waals surface area contributed by atoms with Crippen molar-refractivity contribution in [2.75, 3.05) is 18.4 Å². The largest absolute Gasteiger partial charge is 0.437 e. The van der Waals surface area contributed by atoms with Crippen LogP contribution < -0.4 is 10.1 Å². The maximum atomic E-state index is 12.3. The summed E-state index contributed by atoms with van der Waals surface area (Å²) in [6.07, 6.45) is 6.60. The molecule has 1 atom stereocenters. The van der Waals surface area contributed by atoms with Crippen molar-refractivity contribution in [1.29, 1.82) is 0 Å². The summed E-state index contributed by atoms with van der Waals surface area (Å²) in [5, 5.41) is 2.72. The van der Waals surface area contributed by atoms with Gasteiger partial charge in [-0.3, -0.25) is 14.6 Å². The summed E-state index contributed by atoms with van der Waals surface area (Å²) in [5.74, 6) is 1.27. The van der Waals surface area contributed by atoms with Crippen molar-refractivity contribution in [2.45, 2.75) is 45.4 Å². The molecule has 1 aliphatic heterocycles. The molecular formula is C21H26N4O3. The second-order valence-corrected chi connectivity index (χ2v) is 6.98. The van der Waals surface area contributed by atoms with Crippen LogP contribution in [0.15, 0.2) is 36.7 Å². The number of nitrogens with one attached hydrogen (secondary N) is 1. The molecule has 1 unspecified atom stereocenters. The van der Waals surface area contributed by atoms with E-state index in [-0.39, 0.29) is 17.7 Å². The molecule has 2 aromatic rings. The number of hydrogen-bond donors (Lipinski definition) is 1. The fraction of sp³-hybridized carbons (Fsp3) is 0.429. The van der Waals surface area contributed by atoms with Crippen LogP contribution in [-0.2, 0) is 9.59 Å². The minimum Gasteiger partial charge on any atom is -0.437 e. The topological polar surface area (TPSA) is 84.4 Å². The Bertz CT molecular complexity index is 823. The van der Waals surface area contributed by atoms with Crippen molar-refractivity contribution in [2.24, 2.45) is 0 Å². The Morgan fingerprint density at radius 2 is 1.96 bits per heavy atom. The van der Waals surface area contributed by atoms with Crippen molar-refractivity contribution in [3.8, 4) is 11.6 Å². The third kappa shape index (κ3) is 5.06. The van der Waals surface area contributed by atoms with Crippen molar-refractivity contribution < 1.29 is 14.3 Å². The molecule has 1 aromatic heterocycles. The Labute approximate surface area is 165 Å². The van der Waals surface area contributed by atoms with Crippen molar-refractivity contribution in [1.82, 2.24) is 14.9 Å². The molecule has 0 saturated carbocycles. The fourth-order valence-corrected chi connectivity index (χ4v) is 3.41. The van der Waals surface area contributed by atoms with E-state index in [0.717, 1.165) is 31.5 Å². The number of carbonyl (C=O) groups is 2. The van der Waals surface area contributed by atoms with Gasteiger partial charge in [0.25, 0.3) is 0 Å². The van der Waals surface area contributed by atoms with Crippen LogP contribution in [0.4, 0.5) is 5.69 Å². The molecule has 3 rings (SSSR count). The van der Waals surface area contributed by atoms with Crippen molar-refractivity contribution in [3.05, 3.63) is 42.4 Å². The zero-order valence-corrected chi connectivity index (χ0v) is 16.4. The Morgan fingerprint density at radius 1 is 1.21 bits per heavy atom. The number of anilines is 1. The van der Waals surface area contributed by atoms with Gasteiger partial charge in [-0.05, 0) is 43.5 Å². The van der Waals surface area contributed by atoms with E-state index >= 15 is 0 Å². The van der Waals surface area contributed by atoms with Crippen LogP contribution in [0, 0.1) is 0 Å². The maximum Gasteiger partial charge on any atom is 0.241 e. The van der Waals surface area contributed by atoms with E-state index in [1.807, 2.05) is 11.8 Å². The van der Waals surface area contributed by atoms with E-state index in [1.165, 1.54) is 6.92 Å². The molecule has 1 N–H and O–H groups in total. The minimum absolute atomic E-state index is 0.108. The van der Waals surface area contributed by atoms with Crippen LogP contribution in [0.2, 0.25) is 0 Å². The Hall–Kier alpha value is -2.96. The first-order valence-corrected chi connectivity index (χ1v) is 9.71. The normalized spacial score (nSPS) is 16.5. The van der Waals surface area contributed by atoms with Crippen molar-refractivity contribution in [3.63, 3.8) is 0 Å². The fourth-order valence-electron chi connectivity index (χ4n) is 3.41. The van der Waals surface area contributed by atoms with Gasteiger partial charge in [-0.25, -0.2) is 4.98 Å². The molecular weight excluding hydrogens is 356 g/mol. The monoisotopic (exact) mass is 382 g/mol. The van der Waals surface area contributed by atoms with E-state index in [4.69, 9.17) is 4.74 Å². The standard InChI is InChI=1S/C21H26N4O3/c1-3-5-19(27)25-13-4-6-16(14-25)20-21(23-12-11-22-20)28-18-9-7-17(8-10-18)24-15(2)26/h7-12,16H,3-6,13-14H2,1-2H3,(H,24,26). The molecule has 1 saturated heterocycles. The molecule has 148 valence electrons. The number of ether oxygens (including phenoxy) is 1. The lowest BCUT2D eigenvalue weighted by Crippen LogP contribution is -2.39. The van der Waals surface area contributed by atoms with E-state index in [9.17, 15) is 9.59 Å². The number of amides is 2. The third-order valence-electron chi connectivity index (χ3n) is 4.71. The second-order valence-electron chi connectivity index (χ2n) is 6.98.